The Labute approximate surface area is 121 Å². The van der Waals surface area contributed by atoms with Crippen molar-refractivity contribution in [3.05, 3.63) is 24.0 Å². The summed E-state index contributed by atoms with van der Waals surface area (Å²) in [6.45, 7) is 0.459. The Balaban J connectivity index is 1.84. The molecule has 1 aliphatic carbocycles. The van der Waals surface area contributed by atoms with Crippen molar-refractivity contribution in [3.8, 4) is 0 Å². The maximum atomic E-state index is 13.2. The number of hydrogen-bond donors (Lipinski definition) is 0. The first kappa shape index (κ1) is 14.4. The third-order valence-corrected chi connectivity index (χ3v) is 4.54. The molecular weight excluding hydrogens is 281 g/mol. The fourth-order valence-electron chi connectivity index (χ4n) is 3.48. The zero-order chi connectivity index (χ0) is 15.0. The molecule has 0 unspecified atom stereocenters. The van der Waals surface area contributed by atoms with E-state index in [9.17, 15) is 18.0 Å². The van der Waals surface area contributed by atoms with Crippen LogP contribution in [-0.4, -0.2) is 23.6 Å². The zero-order valence-electron chi connectivity index (χ0n) is 11.6. The van der Waals surface area contributed by atoms with Gasteiger partial charge in [0.05, 0.1) is 5.92 Å². The Hall–Kier alpha value is -1.59. The predicted octanol–water partition coefficient (Wildman–Crippen LogP) is 3.34. The minimum absolute atomic E-state index is 0.0664. The van der Waals surface area contributed by atoms with Gasteiger partial charge < -0.3 is 4.90 Å². The molecule has 0 saturated heterocycles. The van der Waals surface area contributed by atoms with Crippen LogP contribution in [0, 0.1) is 11.8 Å². The molecule has 0 bridgehead atoms. The second-order valence-electron chi connectivity index (χ2n) is 5.78. The number of amides is 1. The van der Waals surface area contributed by atoms with E-state index >= 15 is 0 Å². The maximum Gasteiger partial charge on any atom is 0.392 e. The number of nitrogens with zero attached hydrogens (tertiary/aromatic N) is 2. The van der Waals surface area contributed by atoms with Crippen molar-refractivity contribution in [2.75, 3.05) is 11.4 Å². The molecule has 2 aliphatic rings. The third kappa shape index (κ3) is 2.63. The van der Waals surface area contributed by atoms with Gasteiger partial charge in [-0.25, -0.2) is 0 Å². The van der Waals surface area contributed by atoms with E-state index < -0.39 is 18.0 Å². The number of aromatic nitrogens is 1. The summed E-state index contributed by atoms with van der Waals surface area (Å²) in [7, 11) is 0. The Kier molecular flexibility index (Phi) is 3.63. The highest BCUT2D eigenvalue weighted by molar-refractivity contribution is 5.97. The average molecular weight is 298 g/mol. The fourth-order valence-corrected chi connectivity index (χ4v) is 3.48. The highest BCUT2D eigenvalue weighted by Crippen LogP contribution is 2.43. The largest absolute Gasteiger partial charge is 0.392 e. The average Bonchev–Trinajstić information content (AvgIpc) is 2.89. The molecule has 1 amide bonds. The SMILES string of the molecule is O=C([C@@H]1CCCC[C@H]1C(F)(F)F)N1CCc2cnccc21. The van der Waals surface area contributed by atoms with Gasteiger partial charge in [-0.05, 0) is 30.9 Å². The molecule has 1 aromatic heterocycles. The van der Waals surface area contributed by atoms with Crippen molar-refractivity contribution >= 4 is 11.6 Å². The summed E-state index contributed by atoms with van der Waals surface area (Å²) >= 11 is 0. The monoisotopic (exact) mass is 298 g/mol. The summed E-state index contributed by atoms with van der Waals surface area (Å²) in [4.78, 5) is 18.1. The van der Waals surface area contributed by atoms with E-state index in [1.807, 2.05) is 0 Å². The van der Waals surface area contributed by atoms with E-state index in [2.05, 4.69) is 4.98 Å². The second kappa shape index (κ2) is 5.31. The predicted molar refractivity (Wildman–Crippen MR) is 71.8 cm³/mol. The molecule has 114 valence electrons. The van der Waals surface area contributed by atoms with Crippen LogP contribution in [0.2, 0.25) is 0 Å². The highest BCUT2D eigenvalue weighted by Gasteiger charge is 2.49. The molecule has 1 aliphatic heterocycles. The number of alkyl halides is 3. The molecule has 21 heavy (non-hydrogen) atoms. The summed E-state index contributed by atoms with van der Waals surface area (Å²) < 4.78 is 39.5. The molecule has 6 heteroatoms. The number of fused-ring (bicyclic) bond motifs is 1. The summed E-state index contributed by atoms with van der Waals surface area (Å²) in [5, 5.41) is 0. The molecule has 0 spiro atoms. The van der Waals surface area contributed by atoms with Gasteiger partial charge in [-0.2, -0.15) is 13.2 Å². The van der Waals surface area contributed by atoms with Gasteiger partial charge in [0.15, 0.2) is 0 Å². The minimum Gasteiger partial charge on any atom is -0.311 e. The van der Waals surface area contributed by atoms with Gasteiger partial charge in [-0.1, -0.05) is 12.8 Å². The first-order valence-electron chi connectivity index (χ1n) is 7.29. The molecular formula is C15H17F3N2O. The first-order chi connectivity index (χ1) is 9.98. The van der Waals surface area contributed by atoms with Crippen molar-refractivity contribution in [3.63, 3.8) is 0 Å². The van der Waals surface area contributed by atoms with Gasteiger partial charge in [-0.3, -0.25) is 9.78 Å². The number of anilines is 1. The number of pyridine rings is 1. The normalized spacial score (nSPS) is 25.8. The van der Waals surface area contributed by atoms with E-state index in [-0.39, 0.29) is 12.3 Å². The lowest BCUT2D eigenvalue weighted by Crippen LogP contribution is -2.44. The summed E-state index contributed by atoms with van der Waals surface area (Å²) in [6.07, 6.45) is 1.28. The van der Waals surface area contributed by atoms with E-state index in [4.69, 9.17) is 0 Å². The van der Waals surface area contributed by atoms with Crippen LogP contribution in [0.25, 0.3) is 0 Å². The first-order valence-corrected chi connectivity index (χ1v) is 7.29. The molecule has 2 atom stereocenters. The molecule has 3 nitrogen and oxygen atoms in total. The van der Waals surface area contributed by atoms with Crippen LogP contribution in [-0.2, 0) is 11.2 Å². The molecule has 0 radical (unpaired) electrons. The number of rotatable bonds is 1. The molecule has 1 saturated carbocycles. The Morgan fingerprint density at radius 1 is 1.29 bits per heavy atom. The van der Waals surface area contributed by atoms with E-state index in [1.165, 1.54) is 4.90 Å². The quantitative estimate of drug-likeness (QED) is 0.796. The van der Waals surface area contributed by atoms with Crippen LogP contribution in [0.4, 0.5) is 18.9 Å². The van der Waals surface area contributed by atoms with Crippen molar-refractivity contribution in [2.24, 2.45) is 11.8 Å². The Morgan fingerprint density at radius 3 is 2.81 bits per heavy atom. The van der Waals surface area contributed by atoms with E-state index in [1.54, 1.807) is 18.5 Å². The maximum absolute atomic E-state index is 13.2. The molecule has 1 fully saturated rings. The van der Waals surface area contributed by atoms with Crippen LogP contribution >= 0.6 is 0 Å². The van der Waals surface area contributed by atoms with Gasteiger partial charge in [0.2, 0.25) is 5.91 Å². The van der Waals surface area contributed by atoms with Crippen LogP contribution in [0.3, 0.4) is 0 Å². The van der Waals surface area contributed by atoms with Crippen molar-refractivity contribution in [1.29, 1.82) is 0 Å². The minimum atomic E-state index is -4.29. The number of carbonyl (C=O) groups is 1. The fraction of sp³-hybridized carbons (Fsp3) is 0.600. The summed E-state index contributed by atoms with van der Waals surface area (Å²) in [5.41, 5.74) is 1.66. The van der Waals surface area contributed by atoms with Crippen LogP contribution in [0.15, 0.2) is 18.5 Å². The lowest BCUT2D eigenvalue weighted by molar-refractivity contribution is -0.197. The Bertz CT molecular complexity index is 544. The van der Waals surface area contributed by atoms with Crippen LogP contribution in [0.1, 0.15) is 31.2 Å². The molecule has 0 N–H and O–H groups in total. The van der Waals surface area contributed by atoms with E-state index in [0.29, 0.717) is 32.2 Å². The summed E-state index contributed by atoms with van der Waals surface area (Å²) in [6, 6.07) is 1.71. The van der Waals surface area contributed by atoms with Gasteiger partial charge in [0, 0.05) is 30.5 Å². The van der Waals surface area contributed by atoms with Gasteiger partial charge >= 0.3 is 6.18 Å². The topological polar surface area (TPSA) is 33.2 Å². The smallest absolute Gasteiger partial charge is 0.311 e. The third-order valence-electron chi connectivity index (χ3n) is 4.54. The summed E-state index contributed by atoms with van der Waals surface area (Å²) in [5.74, 6) is -2.80. The van der Waals surface area contributed by atoms with Gasteiger partial charge in [-0.15, -0.1) is 0 Å². The number of carbonyl (C=O) groups excluding carboxylic acids is 1. The number of halogens is 3. The molecule has 0 aromatic carbocycles. The standard InChI is InChI=1S/C15H17F3N2O/c16-15(17,18)12-4-2-1-3-11(12)14(21)20-8-6-10-9-19-7-5-13(10)20/h5,7,9,11-12H,1-4,6,8H2/t11-,12-/m1/s1. The van der Waals surface area contributed by atoms with Crippen LogP contribution < -0.4 is 4.90 Å². The second-order valence-corrected chi connectivity index (χ2v) is 5.78. The molecule has 2 heterocycles. The van der Waals surface area contributed by atoms with Crippen LogP contribution in [0.5, 0.6) is 0 Å². The Morgan fingerprint density at radius 2 is 2.05 bits per heavy atom. The van der Waals surface area contributed by atoms with Crippen molar-refractivity contribution < 1.29 is 18.0 Å². The molecule has 3 rings (SSSR count). The zero-order valence-corrected chi connectivity index (χ0v) is 11.6. The molecule has 1 aromatic rings. The lowest BCUT2D eigenvalue weighted by Gasteiger charge is -2.34. The highest BCUT2D eigenvalue weighted by atomic mass is 19.4. The van der Waals surface area contributed by atoms with Crippen molar-refractivity contribution in [2.45, 2.75) is 38.3 Å². The van der Waals surface area contributed by atoms with Crippen molar-refractivity contribution in [1.82, 2.24) is 4.98 Å². The van der Waals surface area contributed by atoms with Gasteiger partial charge in [0.25, 0.3) is 0 Å². The van der Waals surface area contributed by atoms with E-state index in [0.717, 1.165) is 11.3 Å². The lowest BCUT2D eigenvalue weighted by atomic mass is 9.78. The van der Waals surface area contributed by atoms with Gasteiger partial charge in [0.1, 0.15) is 0 Å². The number of hydrogen-bond acceptors (Lipinski definition) is 2.